The Bertz CT molecular complexity index is 1320. The second-order valence-corrected chi connectivity index (χ2v) is 9.14. The number of rotatable bonds is 9. The number of benzene rings is 2. The van der Waals surface area contributed by atoms with E-state index in [2.05, 4.69) is 16.2 Å². The smallest absolute Gasteiger partial charge is 0.137 e. The van der Waals surface area contributed by atoms with E-state index in [0.29, 0.717) is 16.3 Å². The number of aliphatic hydroxyl groups is 1. The molecule has 0 amide bonds. The minimum atomic E-state index is -1.39. The number of halogens is 2. The number of aromatic nitrogens is 4. The van der Waals surface area contributed by atoms with Crippen molar-refractivity contribution in [2.45, 2.75) is 38.0 Å². The summed E-state index contributed by atoms with van der Waals surface area (Å²) in [5, 5.41) is 25.7. The van der Waals surface area contributed by atoms with Gasteiger partial charge >= 0.3 is 0 Å². The normalized spacial score (nSPS) is 14.7. The van der Waals surface area contributed by atoms with Crippen LogP contribution >= 0.6 is 11.3 Å². The largest absolute Gasteiger partial charge is 0.391 e. The molecule has 0 saturated heterocycles. The summed E-state index contributed by atoms with van der Waals surface area (Å²) in [5.74, 6) is -2.00. The molecule has 4 aromatic rings. The lowest BCUT2D eigenvalue weighted by molar-refractivity contribution is -0.108. The van der Waals surface area contributed by atoms with Gasteiger partial charge in [0.2, 0.25) is 0 Å². The lowest BCUT2D eigenvalue weighted by Crippen LogP contribution is -2.42. The molecule has 7 nitrogen and oxygen atoms in total. The van der Waals surface area contributed by atoms with E-state index in [1.165, 1.54) is 40.8 Å². The Balaban J connectivity index is 1.81. The van der Waals surface area contributed by atoms with Crippen molar-refractivity contribution in [1.29, 1.82) is 5.26 Å². The number of hydrogen-bond acceptors (Lipinski definition) is 7. The third-order valence-corrected chi connectivity index (χ3v) is 6.76. The second-order valence-electron chi connectivity index (χ2n) is 8.25. The van der Waals surface area contributed by atoms with Gasteiger partial charge in [0.25, 0.3) is 0 Å². The molecule has 0 aliphatic rings. The quantitative estimate of drug-likeness (QED) is 0.363. The molecule has 0 saturated carbocycles. The zero-order valence-electron chi connectivity index (χ0n) is 19.1. The van der Waals surface area contributed by atoms with Gasteiger partial charge in [-0.2, -0.15) is 10.4 Å². The molecular weight excluding hydrogens is 472 g/mol. The maximum Gasteiger partial charge on any atom is 0.137 e. The van der Waals surface area contributed by atoms with Gasteiger partial charge in [-0.3, -0.25) is 0 Å². The molecule has 0 aliphatic heterocycles. The summed E-state index contributed by atoms with van der Waals surface area (Å²) in [6.45, 7) is 3.38. The highest BCUT2D eigenvalue weighted by Gasteiger charge is 2.44. The summed E-state index contributed by atoms with van der Waals surface area (Å²) in [5.41, 5.74) is 0.812. The molecule has 180 valence electrons. The molecule has 1 N–H and O–H groups in total. The zero-order valence-corrected chi connectivity index (χ0v) is 19.9. The molecule has 2 aromatic carbocycles. The van der Waals surface area contributed by atoms with Crippen LogP contribution in [0.3, 0.4) is 0 Å². The van der Waals surface area contributed by atoms with Gasteiger partial charge < -0.3 is 9.84 Å². The third kappa shape index (κ3) is 5.27. The van der Waals surface area contributed by atoms with E-state index in [1.807, 2.05) is 24.4 Å². The Morgan fingerprint density at radius 1 is 1.20 bits per heavy atom. The molecule has 0 fully saturated rings. The molecule has 3 atom stereocenters. The second kappa shape index (κ2) is 10.4. The predicted octanol–water partition coefficient (Wildman–Crippen LogP) is 4.65. The van der Waals surface area contributed by atoms with Gasteiger partial charge in [-0.05, 0) is 25.1 Å². The highest BCUT2D eigenvalue weighted by atomic mass is 32.1. The van der Waals surface area contributed by atoms with Crippen LogP contribution in [-0.4, -0.2) is 37.6 Å². The van der Waals surface area contributed by atoms with Gasteiger partial charge in [-0.15, -0.1) is 11.3 Å². The molecular formula is C25H23F2N5O2S. The van der Waals surface area contributed by atoms with E-state index >= 15 is 4.39 Å². The molecule has 1 unspecified atom stereocenters. The van der Waals surface area contributed by atoms with Crippen LogP contribution in [-0.2, 0) is 16.9 Å². The predicted molar refractivity (Wildman–Crippen MR) is 126 cm³/mol. The first-order chi connectivity index (χ1) is 16.8. The first-order valence-corrected chi connectivity index (χ1v) is 11.8. The summed E-state index contributed by atoms with van der Waals surface area (Å²) in [4.78, 5) is 8.76. The Morgan fingerprint density at radius 3 is 2.60 bits per heavy atom. The maximum atomic E-state index is 15.2. The lowest BCUT2D eigenvalue weighted by Gasteiger charge is -2.39. The number of nitriles is 1. The van der Waals surface area contributed by atoms with Crippen molar-refractivity contribution in [2.24, 2.45) is 0 Å². The highest BCUT2D eigenvalue weighted by Crippen LogP contribution is 2.44. The van der Waals surface area contributed by atoms with Crippen molar-refractivity contribution in [3.8, 4) is 17.3 Å². The van der Waals surface area contributed by atoms with Crippen molar-refractivity contribution in [3.63, 3.8) is 0 Å². The van der Waals surface area contributed by atoms with Crippen molar-refractivity contribution >= 4 is 11.3 Å². The number of aliphatic hydroxyl groups excluding tert-OH is 1. The van der Waals surface area contributed by atoms with Crippen LogP contribution in [0.1, 0.15) is 35.9 Å². The molecule has 0 radical (unpaired) electrons. The van der Waals surface area contributed by atoms with Crippen molar-refractivity contribution < 1.29 is 18.6 Å². The summed E-state index contributed by atoms with van der Waals surface area (Å²) >= 11 is 1.38. The lowest BCUT2D eigenvalue weighted by atomic mass is 9.81. The van der Waals surface area contributed by atoms with E-state index in [9.17, 15) is 9.50 Å². The number of nitrogens with zero attached hydrogens (tertiary/aromatic N) is 5. The minimum absolute atomic E-state index is 0.0508. The molecule has 0 spiro atoms. The molecule has 0 bridgehead atoms. The van der Waals surface area contributed by atoms with E-state index < -0.39 is 29.3 Å². The monoisotopic (exact) mass is 495 g/mol. The summed E-state index contributed by atoms with van der Waals surface area (Å²) in [6, 6.07) is 12.5. The topological polar surface area (TPSA) is 96.8 Å². The fraction of sp³-hybridized carbons (Fsp3) is 0.280. The van der Waals surface area contributed by atoms with Crippen LogP contribution in [0, 0.1) is 23.0 Å². The standard InChI is InChI=1S/C25H23F2N5O2S/c1-16(33)11-34-25(13-32-15-29-14-30-32,21-8-7-20(26)9-22(21)27)17(2)24-31-23(12-35-24)19-5-3-18(10-28)4-6-19/h3-9,12,14-17,33H,11,13H2,1-2H3/t16?,17-,25+/m0/s1. The van der Waals surface area contributed by atoms with Crippen LogP contribution in [0.2, 0.25) is 0 Å². The van der Waals surface area contributed by atoms with E-state index in [-0.39, 0.29) is 18.7 Å². The average molecular weight is 496 g/mol. The van der Waals surface area contributed by atoms with Crippen LogP contribution in [0.5, 0.6) is 0 Å². The molecule has 4 rings (SSSR count). The van der Waals surface area contributed by atoms with Gasteiger partial charge in [-0.25, -0.2) is 23.4 Å². The molecule has 35 heavy (non-hydrogen) atoms. The summed E-state index contributed by atoms with van der Waals surface area (Å²) < 4.78 is 36.8. The fourth-order valence-electron chi connectivity index (χ4n) is 3.89. The van der Waals surface area contributed by atoms with E-state index in [4.69, 9.17) is 15.0 Å². The molecule has 2 aromatic heterocycles. The van der Waals surface area contributed by atoms with Crippen molar-refractivity contribution in [3.05, 3.63) is 88.3 Å². The number of thiazole rings is 1. The molecule has 10 heteroatoms. The van der Waals surface area contributed by atoms with Crippen LogP contribution < -0.4 is 0 Å². The van der Waals surface area contributed by atoms with Gasteiger partial charge in [0, 0.05) is 28.5 Å². The maximum absolute atomic E-state index is 15.2. The summed E-state index contributed by atoms with van der Waals surface area (Å²) in [7, 11) is 0. The van der Waals surface area contributed by atoms with Crippen LogP contribution in [0.4, 0.5) is 8.78 Å². The van der Waals surface area contributed by atoms with Crippen LogP contribution in [0.15, 0.2) is 60.5 Å². The third-order valence-electron chi connectivity index (χ3n) is 5.73. The van der Waals surface area contributed by atoms with Gasteiger partial charge in [-0.1, -0.05) is 25.1 Å². The first-order valence-electron chi connectivity index (χ1n) is 10.9. The Morgan fingerprint density at radius 2 is 1.97 bits per heavy atom. The van der Waals surface area contributed by atoms with Crippen molar-refractivity contribution in [2.75, 3.05) is 6.61 Å². The number of ether oxygens (including phenoxy) is 1. The highest BCUT2D eigenvalue weighted by molar-refractivity contribution is 7.10. The summed E-state index contributed by atoms with van der Waals surface area (Å²) in [6.07, 6.45) is 2.02. The molecule has 0 aliphatic carbocycles. The number of hydrogen-bond donors (Lipinski definition) is 1. The Kier molecular flexibility index (Phi) is 7.31. The Hall–Kier alpha value is -3.52. The fourth-order valence-corrected chi connectivity index (χ4v) is 4.86. The van der Waals surface area contributed by atoms with Crippen LogP contribution in [0.25, 0.3) is 11.3 Å². The molecule has 2 heterocycles. The van der Waals surface area contributed by atoms with Crippen molar-refractivity contribution in [1.82, 2.24) is 19.7 Å². The zero-order chi connectivity index (χ0) is 25.0. The Labute approximate surface area is 205 Å². The van der Waals surface area contributed by atoms with E-state index in [0.717, 1.165) is 11.6 Å². The van der Waals surface area contributed by atoms with Gasteiger partial charge in [0.15, 0.2) is 0 Å². The SMILES string of the molecule is CC(O)CO[C@@](Cn1cncn1)(c1ccc(F)cc1F)[C@@H](C)c1nc(-c2ccc(C#N)cc2)cs1. The first kappa shape index (κ1) is 24.6. The van der Waals surface area contributed by atoms with Gasteiger partial charge in [0.1, 0.15) is 29.9 Å². The average Bonchev–Trinajstić information content (AvgIpc) is 3.54. The van der Waals surface area contributed by atoms with E-state index in [1.54, 1.807) is 19.1 Å². The minimum Gasteiger partial charge on any atom is -0.391 e. The van der Waals surface area contributed by atoms with Gasteiger partial charge in [0.05, 0.1) is 41.6 Å².